The molecule has 0 radical (unpaired) electrons. The van der Waals surface area contributed by atoms with Gasteiger partial charge < -0.3 is 4.98 Å². The molecule has 0 aliphatic heterocycles. The van der Waals surface area contributed by atoms with Crippen molar-refractivity contribution in [1.29, 1.82) is 0 Å². The molecule has 0 saturated heterocycles. The first kappa shape index (κ1) is 12.4. The summed E-state index contributed by atoms with van der Waals surface area (Å²) in [5.74, 6) is 0. The standard InChI is InChI=1S/C14H9BrN2OS/c15-10-5-6-13(9(7-10)8-18)19-14-16-11-3-1-2-4-12(11)17-14/h1-8H,(H,16,17). The van der Waals surface area contributed by atoms with E-state index in [1.54, 1.807) is 6.07 Å². The molecule has 0 aliphatic carbocycles. The lowest BCUT2D eigenvalue weighted by Crippen LogP contribution is -1.86. The van der Waals surface area contributed by atoms with Crippen molar-refractivity contribution in [3.63, 3.8) is 0 Å². The van der Waals surface area contributed by atoms with Crippen LogP contribution in [0, 0.1) is 0 Å². The summed E-state index contributed by atoms with van der Waals surface area (Å²) in [6.45, 7) is 0. The number of nitrogens with one attached hydrogen (secondary N) is 1. The van der Waals surface area contributed by atoms with Crippen LogP contribution in [-0.2, 0) is 0 Å². The molecule has 3 rings (SSSR count). The Hall–Kier alpha value is -1.59. The van der Waals surface area contributed by atoms with E-state index in [0.29, 0.717) is 5.56 Å². The smallest absolute Gasteiger partial charge is 0.171 e. The van der Waals surface area contributed by atoms with E-state index in [1.807, 2.05) is 36.4 Å². The van der Waals surface area contributed by atoms with Gasteiger partial charge in [-0.1, -0.05) is 39.8 Å². The summed E-state index contributed by atoms with van der Waals surface area (Å²) in [6.07, 6.45) is 0.857. The number of hydrogen-bond donors (Lipinski definition) is 1. The number of para-hydroxylation sites is 2. The summed E-state index contributed by atoms with van der Waals surface area (Å²) in [5.41, 5.74) is 2.57. The molecular formula is C14H9BrN2OS. The molecule has 1 aromatic heterocycles. The van der Waals surface area contributed by atoms with E-state index >= 15 is 0 Å². The van der Waals surface area contributed by atoms with Gasteiger partial charge in [-0.3, -0.25) is 4.79 Å². The zero-order valence-corrected chi connectivity index (χ0v) is 12.2. The topological polar surface area (TPSA) is 45.8 Å². The first-order valence-corrected chi connectivity index (χ1v) is 7.24. The average Bonchev–Trinajstić information content (AvgIpc) is 2.83. The van der Waals surface area contributed by atoms with Gasteiger partial charge in [0.25, 0.3) is 0 Å². The van der Waals surface area contributed by atoms with Crippen LogP contribution in [0.3, 0.4) is 0 Å². The molecule has 94 valence electrons. The van der Waals surface area contributed by atoms with Crippen LogP contribution in [0.5, 0.6) is 0 Å². The normalized spacial score (nSPS) is 10.8. The van der Waals surface area contributed by atoms with E-state index in [9.17, 15) is 4.79 Å². The zero-order chi connectivity index (χ0) is 13.2. The van der Waals surface area contributed by atoms with E-state index in [0.717, 1.165) is 31.8 Å². The van der Waals surface area contributed by atoms with Gasteiger partial charge in [0.1, 0.15) is 0 Å². The maximum Gasteiger partial charge on any atom is 0.171 e. The van der Waals surface area contributed by atoms with Crippen molar-refractivity contribution in [2.45, 2.75) is 10.1 Å². The average molecular weight is 333 g/mol. The second kappa shape index (κ2) is 5.19. The van der Waals surface area contributed by atoms with Crippen molar-refractivity contribution in [2.24, 2.45) is 0 Å². The summed E-state index contributed by atoms with van der Waals surface area (Å²) in [5, 5.41) is 0.784. The van der Waals surface area contributed by atoms with Gasteiger partial charge in [-0.25, -0.2) is 4.98 Å². The number of halogens is 1. The Morgan fingerprint density at radius 2 is 2.05 bits per heavy atom. The number of fused-ring (bicyclic) bond motifs is 1. The number of rotatable bonds is 3. The lowest BCUT2D eigenvalue weighted by atomic mass is 10.2. The van der Waals surface area contributed by atoms with Gasteiger partial charge in [0.15, 0.2) is 11.4 Å². The molecule has 0 fully saturated rings. The van der Waals surface area contributed by atoms with Crippen LogP contribution < -0.4 is 0 Å². The first-order chi connectivity index (χ1) is 9.26. The summed E-state index contributed by atoms with van der Waals surface area (Å²) >= 11 is 4.81. The van der Waals surface area contributed by atoms with Crippen molar-refractivity contribution in [2.75, 3.05) is 0 Å². The summed E-state index contributed by atoms with van der Waals surface area (Å²) < 4.78 is 0.892. The van der Waals surface area contributed by atoms with Crippen LogP contribution in [0.25, 0.3) is 11.0 Å². The second-order valence-corrected chi connectivity index (χ2v) is 5.91. The van der Waals surface area contributed by atoms with Gasteiger partial charge >= 0.3 is 0 Å². The zero-order valence-electron chi connectivity index (χ0n) is 9.76. The van der Waals surface area contributed by atoms with Crippen molar-refractivity contribution in [1.82, 2.24) is 9.97 Å². The minimum Gasteiger partial charge on any atom is -0.333 e. The van der Waals surface area contributed by atoms with Crippen LogP contribution in [0.2, 0.25) is 0 Å². The highest BCUT2D eigenvalue weighted by atomic mass is 79.9. The predicted octanol–water partition coefficient (Wildman–Crippen LogP) is 4.29. The Balaban J connectivity index is 1.98. The highest BCUT2D eigenvalue weighted by Crippen LogP contribution is 2.30. The number of aromatic nitrogens is 2. The molecule has 0 bridgehead atoms. The molecule has 19 heavy (non-hydrogen) atoms. The van der Waals surface area contributed by atoms with Gasteiger partial charge in [0, 0.05) is 14.9 Å². The van der Waals surface area contributed by atoms with Gasteiger partial charge in [-0.15, -0.1) is 0 Å². The molecule has 5 heteroatoms. The molecule has 3 aromatic rings. The van der Waals surface area contributed by atoms with Crippen molar-refractivity contribution >= 4 is 45.0 Å². The molecule has 2 aromatic carbocycles. The number of benzene rings is 2. The molecule has 0 spiro atoms. The number of aromatic amines is 1. The molecule has 0 atom stereocenters. The van der Waals surface area contributed by atoms with E-state index in [4.69, 9.17) is 0 Å². The van der Waals surface area contributed by atoms with Gasteiger partial charge in [-0.2, -0.15) is 0 Å². The van der Waals surface area contributed by atoms with Crippen molar-refractivity contribution in [3.8, 4) is 0 Å². The number of hydrogen-bond acceptors (Lipinski definition) is 3. The number of H-pyrrole nitrogens is 1. The number of nitrogens with zero attached hydrogens (tertiary/aromatic N) is 1. The second-order valence-electron chi connectivity index (χ2n) is 3.96. The van der Waals surface area contributed by atoms with Crippen molar-refractivity contribution < 1.29 is 4.79 Å². The SMILES string of the molecule is O=Cc1cc(Br)ccc1Sc1nc2ccccc2[nH]1. The van der Waals surface area contributed by atoms with Crippen LogP contribution in [0.4, 0.5) is 0 Å². The first-order valence-electron chi connectivity index (χ1n) is 5.63. The van der Waals surface area contributed by atoms with Crippen LogP contribution in [-0.4, -0.2) is 16.3 Å². The predicted molar refractivity (Wildman–Crippen MR) is 79.7 cm³/mol. The van der Waals surface area contributed by atoms with E-state index in [2.05, 4.69) is 25.9 Å². The molecule has 0 aliphatic rings. The molecule has 3 nitrogen and oxygen atoms in total. The molecule has 1 heterocycles. The fraction of sp³-hybridized carbons (Fsp3) is 0. The number of carbonyl (C=O) groups is 1. The third kappa shape index (κ3) is 2.57. The van der Waals surface area contributed by atoms with E-state index < -0.39 is 0 Å². The Bertz CT molecular complexity index is 721. The van der Waals surface area contributed by atoms with Crippen LogP contribution >= 0.6 is 27.7 Å². The quantitative estimate of drug-likeness (QED) is 0.728. The third-order valence-corrected chi connectivity index (χ3v) is 4.14. The van der Waals surface area contributed by atoms with Gasteiger partial charge in [-0.05, 0) is 30.3 Å². The summed E-state index contributed by atoms with van der Waals surface area (Å²) in [7, 11) is 0. The van der Waals surface area contributed by atoms with Gasteiger partial charge in [0.2, 0.25) is 0 Å². The monoisotopic (exact) mass is 332 g/mol. The molecular weight excluding hydrogens is 324 g/mol. The Labute approximate surface area is 122 Å². The third-order valence-electron chi connectivity index (χ3n) is 2.67. The number of imidazole rings is 1. The van der Waals surface area contributed by atoms with E-state index in [-0.39, 0.29) is 0 Å². The molecule has 0 saturated carbocycles. The lowest BCUT2D eigenvalue weighted by molar-refractivity contribution is 0.112. The minimum atomic E-state index is 0.653. The lowest BCUT2D eigenvalue weighted by Gasteiger charge is -2.02. The number of carbonyl (C=O) groups excluding carboxylic acids is 1. The minimum absolute atomic E-state index is 0.653. The van der Waals surface area contributed by atoms with Gasteiger partial charge in [0.05, 0.1) is 11.0 Å². The Morgan fingerprint density at radius 3 is 2.84 bits per heavy atom. The molecule has 0 amide bonds. The summed E-state index contributed by atoms with van der Waals surface area (Å²) in [4.78, 5) is 19.7. The van der Waals surface area contributed by atoms with E-state index in [1.165, 1.54) is 11.8 Å². The highest BCUT2D eigenvalue weighted by molar-refractivity contribution is 9.10. The molecule has 1 N–H and O–H groups in total. The van der Waals surface area contributed by atoms with Crippen LogP contribution in [0.15, 0.2) is 57.0 Å². The number of aldehydes is 1. The fourth-order valence-corrected chi connectivity index (χ4v) is 3.04. The summed E-state index contributed by atoms with van der Waals surface area (Å²) in [6, 6.07) is 13.5. The Kier molecular flexibility index (Phi) is 3.40. The van der Waals surface area contributed by atoms with Crippen molar-refractivity contribution in [3.05, 3.63) is 52.5 Å². The highest BCUT2D eigenvalue weighted by Gasteiger charge is 2.08. The fourth-order valence-electron chi connectivity index (χ4n) is 1.79. The molecule has 0 unspecified atom stereocenters. The maximum absolute atomic E-state index is 11.1. The Morgan fingerprint density at radius 1 is 1.21 bits per heavy atom. The van der Waals surface area contributed by atoms with Crippen LogP contribution in [0.1, 0.15) is 10.4 Å². The maximum atomic E-state index is 11.1. The largest absolute Gasteiger partial charge is 0.333 e.